The molecular formula is C27H29FNNaO4. The number of aliphatic hydroxyl groups is 2. The molecule has 2 aromatic carbocycles. The molecule has 0 aliphatic heterocycles. The van der Waals surface area contributed by atoms with E-state index in [4.69, 9.17) is 0 Å². The number of para-hydroxylation sites is 1. The van der Waals surface area contributed by atoms with Gasteiger partial charge in [-0.1, -0.05) is 56.3 Å². The Morgan fingerprint density at radius 3 is 2.26 bits per heavy atom. The van der Waals surface area contributed by atoms with E-state index in [9.17, 15) is 24.5 Å². The number of carbonyl (C=O) groups is 1. The van der Waals surface area contributed by atoms with E-state index in [2.05, 4.69) is 18.4 Å². The van der Waals surface area contributed by atoms with Crippen LogP contribution in [0, 0.1) is 12.7 Å². The Morgan fingerprint density at radius 2 is 1.71 bits per heavy atom. The van der Waals surface area contributed by atoms with Crippen LogP contribution in [0.5, 0.6) is 0 Å². The van der Waals surface area contributed by atoms with Crippen molar-refractivity contribution in [2.75, 3.05) is 0 Å². The minimum Gasteiger partial charge on any atom is -0.550 e. The van der Waals surface area contributed by atoms with Crippen LogP contribution in [0.2, 0.25) is 0 Å². The quantitative estimate of drug-likeness (QED) is 0.454. The third kappa shape index (κ3) is 6.68. The Morgan fingerprint density at radius 1 is 1.09 bits per heavy atom. The topological polar surface area (TPSA) is 85.5 Å². The van der Waals surface area contributed by atoms with Gasteiger partial charge in [-0.2, -0.15) is 0 Å². The van der Waals surface area contributed by atoms with Gasteiger partial charge in [-0.3, -0.25) is 0 Å². The molecule has 0 radical (unpaired) electrons. The zero-order chi connectivity index (χ0) is 24.1. The van der Waals surface area contributed by atoms with Gasteiger partial charge in [0.25, 0.3) is 0 Å². The molecule has 0 spiro atoms. The number of hydrogen-bond donors (Lipinski definition) is 2. The van der Waals surface area contributed by atoms with Crippen molar-refractivity contribution in [2.24, 2.45) is 0 Å². The van der Waals surface area contributed by atoms with Gasteiger partial charge in [0.15, 0.2) is 0 Å². The fourth-order valence-corrected chi connectivity index (χ4v) is 4.20. The summed E-state index contributed by atoms with van der Waals surface area (Å²) < 4.78 is 15.8. The van der Waals surface area contributed by atoms with Crippen LogP contribution in [-0.2, 0) is 4.79 Å². The zero-order valence-corrected chi connectivity index (χ0v) is 22.0. The fourth-order valence-electron chi connectivity index (χ4n) is 4.20. The summed E-state index contributed by atoms with van der Waals surface area (Å²) in [5.74, 6) is -1.56. The van der Waals surface area contributed by atoms with Crippen molar-refractivity contribution in [1.29, 1.82) is 0 Å². The van der Waals surface area contributed by atoms with Gasteiger partial charge in [0.2, 0.25) is 0 Å². The number of aliphatic hydroxyl groups excluding tert-OH is 2. The second-order valence-corrected chi connectivity index (χ2v) is 8.48. The number of carboxylic acids is 1. The zero-order valence-electron chi connectivity index (χ0n) is 20.0. The maximum atomic E-state index is 13.6. The molecule has 0 saturated carbocycles. The van der Waals surface area contributed by atoms with Crippen molar-refractivity contribution in [2.45, 2.75) is 51.7 Å². The summed E-state index contributed by atoms with van der Waals surface area (Å²) >= 11 is 0. The first-order chi connectivity index (χ1) is 15.7. The molecule has 3 aromatic rings. The van der Waals surface area contributed by atoms with Crippen LogP contribution in [0.4, 0.5) is 4.39 Å². The molecule has 2 atom stereocenters. The minimum atomic E-state index is -1.37. The second kappa shape index (κ2) is 12.5. The fraction of sp³-hybridized carbons (Fsp3) is 0.296. The monoisotopic (exact) mass is 473 g/mol. The van der Waals surface area contributed by atoms with Crippen molar-refractivity contribution >= 4 is 12.0 Å². The molecule has 174 valence electrons. The maximum Gasteiger partial charge on any atom is 1.00 e. The third-order valence-electron chi connectivity index (χ3n) is 5.58. The first-order valence-electron chi connectivity index (χ1n) is 11.0. The summed E-state index contributed by atoms with van der Waals surface area (Å²) in [7, 11) is 0. The van der Waals surface area contributed by atoms with Crippen LogP contribution in [0.15, 0.2) is 60.7 Å². The third-order valence-corrected chi connectivity index (χ3v) is 5.58. The number of benzene rings is 2. The number of carbonyl (C=O) groups excluding carboxylic acids is 1. The Labute approximate surface area is 221 Å². The minimum absolute atomic E-state index is 0. The van der Waals surface area contributed by atoms with E-state index in [1.165, 1.54) is 12.1 Å². The smallest absolute Gasteiger partial charge is 0.550 e. The number of hydrogen-bond acceptors (Lipinski definition) is 4. The summed E-state index contributed by atoms with van der Waals surface area (Å²) in [6.45, 7) is 6.18. The van der Waals surface area contributed by atoms with Gasteiger partial charge in [-0.05, 0) is 42.7 Å². The van der Waals surface area contributed by atoms with Crippen molar-refractivity contribution in [3.8, 4) is 16.8 Å². The molecule has 34 heavy (non-hydrogen) atoms. The number of halogens is 1. The van der Waals surface area contributed by atoms with Crippen LogP contribution in [0.25, 0.3) is 22.9 Å². The van der Waals surface area contributed by atoms with Crippen molar-refractivity contribution < 1.29 is 54.1 Å². The molecule has 0 aliphatic carbocycles. The molecule has 1 aromatic heterocycles. The Bertz CT molecular complexity index is 1120. The number of aromatic nitrogens is 1. The van der Waals surface area contributed by atoms with E-state index in [0.29, 0.717) is 0 Å². The average molecular weight is 474 g/mol. The molecule has 0 bridgehead atoms. The summed E-state index contributed by atoms with van der Waals surface area (Å²) in [5.41, 5.74) is 5.63. The molecule has 5 nitrogen and oxygen atoms in total. The molecule has 0 saturated heterocycles. The van der Waals surface area contributed by atoms with E-state index >= 15 is 0 Å². The standard InChI is InChI=1S/C27H30FNO4.Na/c1-17(2)27-24(14-13-22(30)15-23(31)16-25(32)33)26(19-9-11-20(28)12-10-19)18(3)29(27)21-7-5-4-6-8-21;/h4-14,17,22-23,30-31H,15-16H2,1-3H3,(H,32,33);/q;+1/p-1/b14-13+;/t22-,23-;/m1./s1. The van der Waals surface area contributed by atoms with Crippen molar-refractivity contribution in [3.05, 3.63) is 83.4 Å². The number of carboxylic acid groups (broad SMARTS) is 1. The molecule has 0 fully saturated rings. The van der Waals surface area contributed by atoms with E-state index in [0.717, 1.165) is 33.8 Å². The first-order valence-corrected chi connectivity index (χ1v) is 11.0. The summed E-state index contributed by atoms with van der Waals surface area (Å²) in [6.07, 6.45) is 0.462. The largest absolute Gasteiger partial charge is 1.00 e. The Kier molecular flexibility index (Phi) is 10.3. The molecule has 0 aliphatic rings. The summed E-state index contributed by atoms with van der Waals surface area (Å²) in [5, 5.41) is 30.9. The predicted molar refractivity (Wildman–Crippen MR) is 125 cm³/mol. The maximum absolute atomic E-state index is 13.6. The SMILES string of the molecule is Cc1c(-c2ccc(F)cc2)c(/C=C/[C@@H](O)C[C@@H](O)CC(=O)[O-])c(C(C)C)n1-c1ccccc1.[Na+]. The molecule has 0 unspecified atom stereocenters. The molecule has 2 N–H and O–H groups in total. The first kappa shape index (κ1) is 28.0. The summed E-state index contributed by atoms with van der Waals surface area (Å²) in [6, 6.07) is 16.2. The van der Waals surface area contributed by atoms with E-state index in [-0.39, 0.29) is 47.7 Å². The second-order valence-electron chi connectivity index (χ2n) is 8.48. The van der Waals surface area contributed by atoms with Gasteiger partial charge in [0.1, 0.15) is 5.82 Å². The van der Waals surface area contributed by atoms with Crippen LogP contribution in [-0.4, -0.2) is 33.0 Å². The summed E-state index contributed by atoms with van der Waals surface area (Å²) in [4.78, 5) is 10.7. The Balaban J connectivity index is 0.00000408. The van der Waals surface area contributed by atoms with Gasteiger partial charge >= 0.3 is 29.6 Å². The van der Waals surface area contributed by atoms with E-state index in [1.807, 2.05) is 37.3 Å². The molecule has 0 amide bonds. The Hall–Kier alpha value is -2.22. The van der Waals surface area contributed by atoms with Crippen LogP contribution in [0.3, 0.4) is 0 Å². The van der Waals surface area contributed by atoms with Gasteiger partial charge in [0, 0.05) is 47.0 Å². The predicted octanol–water partition coefficient (Wildman–Crippen LogP) is 0.984. The number of aliphatic carboxylic acids is 1. The van der Waals surface area contributed by atoms with E-state index < -0.39 is 24.6 Å². The van der Waals surface area contributed by atoms with Gasteiger partial charge in [-0.15, -0.1) is 0 Å². The average Bonchev–Trinajstić information content (AvgIpc) is 3.05. The van der Waals surface area contributed by atoms with Gasteiger partial charge < -0.3 is 24.7 Å². The van der Waals surface area contributed by atoms with Gasteiger partial charge in [0.05, 0.1) is 12.2 Å². The van der Waals surface area contributed by atoms with Crippen LogP contribution in [0.1, 0.15) is 49.6 Å². The van der Waals surface area contributed by atoms with Crippen LogP contribution >= 0.6 is 0 Å². The molecule has 7 heteroatoms. The normalized spacial score (nSPS) is 13.1. The molecule has 1 heterocycles. The van der Waals surface area contributed by atoms with Crippen molar-refractivity contribution in [1.82, 2.24) is 4.57 Å². The molecular weight excluding hydrogens is 444 g/mol. The van der Waals surface area contributed by atoms with E-state index in [1.54, 1.807) is 24.3 Å². The number of nitrogens with zero attached hydrogens (tertiary/aromatic N) is 1. The molecule has 3 rings (SSSR count). The van der Waals surface area contributed by atoms with Gasteiger partial charge in [-0.25, -0.2) is 4.39 Å². The number of rotatable bonds is 9. The van der Waals surface area contributed by atoms with Crippen molar-refractivity contribution in [3.63, 3.8) is 0 Å². The van der Waals surface area contributed by atoms with Crippen LogP contribution < -0.4 is 34.7 Å².